The van der Waals surface area contributed by atoms with Gasteiger partial charge < -0.3 is 9.41 Å². The molecule has 41 heavy (non-hydrogen) atoms. The molecule has 4 aromatic rings. The van der Waals surface area contributed by atoms with Crippen LogP contribution in [0.25, 0.3) is 5.69 Å². The van der Waals surface area contributed by atoms with Crippen molar-refractivity contribution in [3.63, 3.8) is 0 Å². The molecule has 0 aliphatic carbocycles. The van der Waals surface area contributed by atoms with Crippen LogP contribution in [-0.2, 0) is 4.74 Å². The molecule has 3 atom stereocenters. The first-order valence-electron chi connectivity index (χ1n) is 13.4. The number of halogens is 3. The molecule has 0 saturated carbocycles. The molecule has 3 aromatic carbocycles. The fraction of sp³-hybridized carbons (Fsp3) is 0.267. The van der Waals surface area contributed by atoms with E-state index >= 15 is 4.39 Å². The van der Waals surface area contributed by atoms with Gasteiger partial charge in [-0.3, -0.25) is 0 Å². The van der Waals surface area contributed by atoms with E-state index in [1.54, 1.807) is 30.3 Å². The largest absolute Gasteiger partial charge is 0.373 e. The minimum absolute atomic E-state index is 0.0651. The fourth-order valence-electron chi connectivity index (χ4n) is 5.65. The van der Waals surface area contributed by atoms with Crippen LogP contribution in [0.3, 0.4) is 0 Å². The van der Waals surface area contributed by atoms with Crippen molar-refractivity contribution in [3.05, 3.63) is 99.9 Å². The summed E-state index contributed by atoms with van der Waals surface area (Å²) in [4.78, 5) is 5.12. The number of fused-ring (bicyclic) bond motifs is 1. The second-order valence-electron chi connectivity index (χ2n) is 10.3. The van der Waals surface area contributed by atoms with E-state index in [9.17, 15) is 0 Å². The van der Waals surface area contributed by atoms with Gasteiger partial charge in [0.15, 0.2) is 13.2 Å². The first kappa shape index (κ1) is 28.1. The number of benzene rings is 3. The van der Waals surface area contributed by atoms with E-state index in [0.717, 1.165) is 16.7 Å². The number of aromatic nitrogens is 2. The third-order valence-electron chi connectivity index (χ3n) is 7.33. The Morgan fingerprint density at radius 1 is 0.927 bits per heavy atom. The highest BCUT2D eigenvalue weighted by Crippen LogP contribution is 2.63. The maximum atomic E-state index is 15.5. The van der Waals surface area contributed by atoms with Crippen molar-refractivity contribution in [1.82, 2.24) is 19.1 Å². The summed E-state index contributed by atoms with van der Waals surface area (Å²) in [5.74, 6) is 0.693. The third kappa shape index (κ3) is 4.82. The van der Waals surface area contributed by atoms with Crippen molar-refractivity contribution in [2.24, 2.45) is 9.74 Å². The highest BCUT2D eigenvalue weighted by Gasteiger charge is 2.47. The van der Waals surface area contributed by atoms with Crippen molar-refractivity contribution in [2.75, 3.05) is 20.1 Å². The van der Waals surface area contributed by atoms with Gasteiger partial charge in [0, 0.05) is 20.1 Å². The maximum Gasteiger partial charge on any atom is 0.170 e. The van der Waals surface area contributed by atoms with Crippen LogP contribution in [0, 0.1) is 12.7 Å². The molecule has 2 aliphatic heterocycles. The van der Waals surface area contributed by atoms with Crippen molar-refractivity contribution in [3.8, 4) is 5.69 Å². The van der Waals surface area contributed by atoms with Gasteiger partial charge in [0.2, 0.25) is 0 Å². The molecule has 1 aromatic heterocycles. The molecule has 1 saturated heterocycles. The Bertz CT molecular complexity index is 1680. The average Bonchev–Trinajstić information content (AvgIpc) is 3.28. The van der Waals surface area contributed by atoms with Crippen LogP contribution >= 0.6 is 30.6 Å². The quantitative estimate of drug-likeness (QED) is 0.222. The van der Waals surface area contributed by atoms with Gasteiger partial charge in [-0.15, -0.1) is 0 Å². The summed E-state index contributed by atoms with van der Waals surface area (Å²) >= 11 is 13.5. The molecule has 212 valence electrons. The van der Waals surface area contributed by atoms with Gasteiger partial charge in [-0.25, -0.2) is 23.5 Å². The van der Waals surface area contributed by atoms with E-state index in [0.29, 0.717) is 46.0 Å². The molecule has 7 nitrogen and oxygen atoms in total. The highest BCUT2D eigenvalue weighted by molar-refractivity contribution is 7.70. The summed E-state index contributed by atoms with van der Waals surface area (Å²) in [6.07, 6.45) is -0.130. The summed E-state index contributed by atoms with van der Waals surface area (Å²) < 4.78 is 33.4. The van der Waals surface area contributed by atoms with Crippen LogP contribution in [0.1, 0.15) is 25.1 Å². The Kier molecular flexibility index (Phi) is 7.55. The van der Waals surface area contributed by atoms with Crippen molar-refractivity contribution < 1.29 is 9.13 Å². The zero-order valence-corrected chi connectivity index (χ0v) is 25.6. The smallest absolute Gasteiger partial charge is 0.170 e. The molecule has 11 heteroatoms. The molecule has 2 aliphatic rings. The van der Waals surface area contributed by atoms with Crippen molar-refractivity contribution in [2.45, 2.75) is 33.0 Å². The molecule has 6 rings (SSSR count). The predicted octanol–water partition coefficient (Wildman–Crippen LogP) is 7.75. The van der Waals surface area contributed by atoms with E-state index < -0.39 is 7.36 Å². The standard InChI is InChI=1S/C30H30Cl2FN6OP/c1-19-17-38(18-20(2)40-19)41(36-27-24(31)14-10-15-25(27)32)28-21(3)35-39(22-11-6-5-7-12-22)30(28)34-29(37(41)4)23-13-8-9-16-26(23)33/h5-16,19-20H,17-18H2,1-4H3. The number of amidine groups is 1. The van der Waals surface area contributed by atoms with Crippen LogP contribution < -0.4 is 5.30 Å². The normalized spacial score (nSPS) is 22.8. The molecule has 1 fully saturated rings. The van der Waals surface area contributed by atoms with E-state index in [2.05, 4.69) is 18.5 Å². The number of para-hydroxylation sites is 1. The molecule has 0 amide bonds. The van der Waals surface area contributed by atoms with Crippen LogP contribution in [-0.4, -0.2) is 57.3 Å². The van der Waals surface area contributed by atoms with Gasteiger partial charge in [0.25, 0.3) is 0 Å². The Morgan fingerprint density at radius 2 is 1.56 bits per heavy atom. The zero-order valence-electron chi connectivity index (χ0n) is 23.2. The van der Waals surface area contributed by atoms with Gasteiger partial charge in [-0.2, -0.15) is 5.10 Å². The summed E-state index contributed by atoms with van der Waals surface area (Å²) in [5.41, 5.74) is 2.48. The van der Waals surface area contributed by atoms with E-state index in [1.807, 2.05) is 59.7 Å². The number of ether oxygens (including phenoxy) is 1. The van der Waals surface area contributed by atoms with E-state index in [4.69, 9.17) is 42.8 Å². The average molecular weight is 611 g/mol. The van der Waals surface area contributed by atoms with Gasteiger partial charge in [0.1, 0.15) is 17.3 Å². The number of hydrogen-bond donors (Lipinski definition) is 0. The van der Waals surface area contributed by atoms with Gasteiger partial charge in [-0.05, 0) is 57.2 Å². The molecule has 0 N–H and O–H groups in total. The molecule has 0 bridgehead atoms. The summed E-state index contributed by atoms with van der Waals surface area (Å²) in [6.45, 7) is 7.26. The summed E-state index contributed by atoms with van der Waals surface area (Å²) in [7, 11) is -1.08. The monoisotopic (exact) mass is 610 g/mol. The minimum Gasteiger partial charge on any atom is -0.373 e. The number of nitrogens with zero attached hydrogens (tertiary/aromatic N) is 6. The zero-order chi connectivity index (χ0) is 28.9. The number of morpholine rings is 1. The Labute approximate surface area is 249 Å². The first-order valence-corrected chi connectivity index (χ1v) is 15.8. The second-order valence-corrected chi connectivity index (χ2v) is 14.1. The molecule has 3 heterocycles. The maximum absolute atomic E-state index is 15.5. The fourth-order valence-corrected chi connectivity index (χ4v) is 10.3. The first-order chi connectivity index (χ1) is 19.7. The lowest BCUT2D eigenvalue weighted by Crippen LogP contribution is -2.50. The minimum atomic E-state index is -3.01. The van der Waals surface area contributed by atoms with E-state index in [-0.39, 0.29) is 18.0 Å². The van der Waals surface area contributed by atoms with Gasteiger partial charge in [-0.1, -0.05) is 59.6 Å². The Hall–Kier alpha value is -3.00. The predicted molar refractivity (Wildman–Crippen MR) is 165 cm³/mol. The topological polar surface area (TPSA) is 58.3 Å². The lowest BCUT2D eigenvalue weighted by molar-refractivity contribution is -0.0442. The molecular weight excluding hydrogens is 581 g/mol. The van der Waals surface area contributed by atoms with Crippen molar-refractivity contribution >= 4 is 53.2 Å². The Morgan fingerprint density at radius 3 is 2.22 bits per heavy atom. The number of rotatable bonds is 4. The molecule has 0 spiro atoms. The van der Waals surface area contributed by atoms with Gasteiger partial charge in [0.05, 0.1) is 44.5 Å². The number of aryl methyl sites for hydroxylation is 1. The second kappa shape index (κ2) is 11.0. The van der Waals surface area contributed by atoms with Crippen LogP contribution in [0.2, 0.25) is 10.0 Å². The number of hydrogen-bond acceptors (Lipinski definition) is 4. The van der Waals surface area contributed by atoms with Crippen LogP contribution in [0.4, 0.5) is 15.9 Å². The van der Waals surface area contributed by atoms with E-state index in [1.165, 1.54) is 6.07 Å². The Balaban J connectivity index is 1.76. The third-order valence-corrected chi connectivity index (χ3v) is 11.7. The highest BCUT2D eigenvalue weighted by atomic mass is 35.5. The number of aliphatic imine (C=N–C) groups is 1. The van der Waals surface area contributed by atoms with Gasteiger partial charge >= 0.3 is 0 Å². The molecule has 0 radical (unpaired) electrons. The lowest BCUT2D eigenvalue weighted by atomic mass is 10.2. The summed E-state index contributed by atoms with van der Waals surface area (Å²) in [6, 6.07) is 21.9. The molecular formula is C30H30Cl2FN6OP. The van der Waals surface area contributed by atoms with Crippen molar-refractivity contribution in [1.29, 1.82) is 0 Å². The SMILES string of the molecule is Cc1nn(-c2ccccc2)c2c1P(=Nc1c(Cl)cccc1Cl)(N1CC(C)OC(C)C1)N(C)C(c1ccccc1F)=N2. The van der Waals surface area contributed by atoms with Crippen LogP contribution in [0.15, 0.2) is 82.5 Å². The van der Waals surface area contributed by atoms with Crippen LogP contribution in [0.5, 0.6) is 0 Å². The lowest BCUT2D eigenvalue weighted by Gasteiger charge is -2.49. The molecule has 3 unspecified atom stereocenters. The summed E-state index contributed by atoms with van der Waals surface area (Å²) in [5, 5.41) is 6.74.